The maximum Gasteiger partial charge on any atom is 0.246 e. The van der Waals surface area contributed by atoms with Gasteiger partial charge in [0.2, 0.25) is 5.91 Å². The van der Waals surface area contributed by atoms with Gasteiger partial charge in [-0.25, -0.2) is 4.98 Å². The summed E-state index contributed by atoms with van der Waals surface area (Å²) < 4.78 is 5.07. The van der Waals surface area contributed by atoms with Gasteiger partial charge in [-0.3, -0.25) is 4.79 Å². The van der Waals surface area contributed by atoms with Crippen LogP contribution < -0.4 is 11.1 Å². The van der Waals surface area contributed by atoms with E-state index in [9.17, 15) is 4.79 Å². The molecule has 0 fully saturated rings. The fourth-order valence-electron chi connectivity index (χ4n) is 1.55. The Bertz CT molecular complexity index is 379. The smallest absolute Gasteiger partial charge is 0.246 e. The summed E-state index contributed by atoms with van der Waals surface area (Å²) in [4.78, 5) is 17.0. The first-order valence-corrected chi connectivity index (χ1v) is 6.37. The molecule has 0 saturated carbocycles. The fraction of sp³-hybridized carbons (Fsp3) is 0.636. The lowest BCUT2D eigenvalue weighted by molar-refractivity contribution is -0.126. The molecule has 17 heavy (non-hydrogen) atoms. The minimum Gasteiger partial charge on any atom is -0.370 e. The second-order valence-corrected chi connectivity index (χ2v) is 5.05. The van der Waals surface area contributed by atoms with Crippen LogP contribution in [0.4, 0.5) is 0 Å². The van der Waals surface area contributed by atoms with Crippen LogP contribution in [0.5, 0.6) is 0 Å². The van der Waals surface area contributed by atoms with E-state index in [1.54, 1.807) is 11.3 Å². The van der Waals surface area contributed by atoms with Gasteiger partial charge < -0.3 is 15.8 Å². The number of nitrogens with two attached hydrogens (primary N) is 1. The van der Waals surface area contributed by atoms with E-state index in [1.807, 2.05) is 20.8 Å². The quantitative estimate of drug-likeness (QED) is 0.743. The third-order valence-electron chi connectivity index (χ3n) is 2.21. The Morgan fingerprint density at radius 1 is 1.59 bits per heavy atom. The Balaban J connectivity index is 2.46. The van der Waals surface area contributed by atoms with Crippen molar-refractivity contribution in [3.63, 3.8) is 0 Å². The molecule has 1 aromatic heterocycles. The first-order chi connectivity index (χ1) is 8.04. The molecule has 5 nitrogen and oxygen atoms in total. The largest absolute Gasteiger partial charge is 0.370 e. The second-order valence-electron chi connectivity index (χ2n) is 3.81. The third kappa shape index (κ3) is 4.41. The molecule has 1 rings (SSSR count). The van der Waals surface area contributed by atoms with Crippen LogP contribution >= 0.6 is 11.3 Å². The van der Waals surface area contributed by atoms with Crippen molar-refractivity contribution >= 4 is 17.2 Å². The molecule has 1 amide bonds. The van der Waals surface area contributed by atoms with Crippen LogP contribution in [0.1, 0.15) is 28.5 Å². The predicted octanol–water partition coefficient (Wildman–Crippen LogP) is 0.912. The number of ether oxygens (including phenoxy) is 1. The Hall–Kier alpha value is -0.980. The summed E-state index contributed by atoms with van der Waals surface area (Å²) in [5.74, 6) is -0.128. The van der Waals surface area contributed by atoms with Crippen molar-refractivity contribution in [2.75, 3.05) is 19.8 Å². The number of carbonyl (C=O) groups excluding carboxylic acids is 1. The zero-order chi connectivity index (χ0) is 12.8. The Labute approximate surface area is 105 Å². The van der Waals surface area contributed by atoms with Gasteiger partial charge in [0.1, 0.15) is 6.61 Å². The van der Waals surface area contributed by atoms with E-state index >= 15 is 0 Å². The summed E-state index contributed by atoms with van der Waals surface area (Å²) in [5.41, 5.74) is 6.24. The molecule has 0 aromatic carbocycles. The van der Waals surface area contributed by atoms with E-state index in [1.165, 1.54) is 0 Å². The van der Waals surface area contributed by atoms with Gasteiger partial charge in [-0.05, 0) is 20.8 Å². The summed E-state index contributed by atoms with van der Waals surface area (Å²) in [6, 6.07) is -0.0322. The van der Waals surface area contributed by atoms with Gasteiger partial charge in [-0.1, -0.05) is 0 Å². The summed E-state index contributed by atoms with van der Waals surface area (Å²) >= 11 is 1.61. The van der Waals surface area contributed by atoms with Crippen molar-refractivity contribution in [3.05, 3.63) is 15.6 Å². The van der Waals surface area contributed by atoms with Crippen molar-refractivity contribution in [2.45, 2.75) is 26.8 Å². The van der Waals surface area contributed by atoms with Crippen molar-refractivity contribution in [1.29, 1.82) is 0 Å². The van der Waals surface area contributed by atoms with Crippen LogP contribution in [-0.4, -0.2) is 30.6 Å². The number of thiazole rings is 1. The van der Waals surface area contributed by atoms with Crippen molar-refractivity contribution in [3.8, 4) is 0 Å². The zero-order valence-corrected chi connectivity index (χ0v) is 11.3. The molecule has 6 heteroatoms. The SMILES string of the molecule is Cc1nc(C)c(C(C)NC(=O)COCCN)s1. The van der Waals surface area contributed by atoms with Crippen LogP contribution in [0.15, 0.2) is 0 Å². The average Bonchev–Trinajstić information content (AvgIpc) is 2.58. The minimum atomic E-state index is -0.128. The summed E-state index contributed by atoms with van der Waals surface area (Å²) in [7, 11) is 0. The molecule has 1 unspecified atom stereocenters. The number of hydrogen-bond donors (Lipinski definition) is 2. The van der Waals surface area contributed by atoms with E-state index in [0.717, 1.165) is 15.6 Å². The topological polar surface area (TPSA) is 77.2 Å². The monoisotopic (exact) mass is 257 g/mol. The highest BCUT2D eigenvalue weighted by molar-refractivity contribution is 7.11. The summed E-state index contributed by atoms with van der Waals surface area (Å²) in [5, 5.41) is 3.89. The molecule has 0 aliphatic heterocycles. The average molecular weight is 257 g/mol. The van der Waals surface area contributed by atoms with Crippen LogP contribution in [0, 0.1) is 13.8 Å². The highest BCUT2D eigenvalue weighted by atomic mass is 32.1. The number of nitrogens with zero attached hydrogens (tertiary/aromatic N) is 1. The molecule has 0 aliphatic rings. The Kier molecular flexibility index (Phi) is 5.54. The van der Waals surface area contributed by atoms with Crippen molar-refractivity contribution < 1.29 is 9.53 Å². The molecular weight excluding hydrogens is 238 g/mol. The lowest BCUT2D eigenvalue weighted by Crippen LogP contribution is -2.30. The fourth-order valence-corrected chi connectivity index (χ4v) is 2.48. The van der Waals surface area contributed by atoms with Crippen LogP contribution in [-0.2, 0) is 9.53 Å². The maximum atomic E-state index is 11.5. The van der Waals surface area contributed by atoms with E-state index in [0.29, 0.717) is 13.2 Å². The number of rotatable bonds is 6. The van der Waals surface area contributed by atoms with Gasteiger partial charge in [0.15, 0.2) is 0 Å². The number of aryl methyl sites for hydroxylation is 2. The van der Waals surface area contributed by atoms with E-state index in [-0.39, 0.29) is 18.6 Å². The first-order valence-electron chi connectivity index (χ1n) is 5.55. The second kappa shape index (κ2) is 6.68. The first kappa shape index (κ1) is 14.1. The normalized spacial score (nSPS) is 12.5. The molecule has 96 valence electrons. The molecule has 0 bridgehead atoms. The molecule has 0 radical (unpaired) electrons. The standard InChI is InChI=1S/C11H19N3O2S/c1-7-11(17-9(3)13-7)8(2)14-10(15)6-16-5-4-12/h8H,4-6,12H2,1-3H3,(H,14,15). The third-order valence-corrected chi connectivity index (χ3v) is 3.46. The van der Waals surface area contributed by atoms with Crippen LogP contribution in [0.25, 0.3) is 0 Å². The van der Waals surface area contributed by atoms with Gasteiger partial charge in [0, 0.05) is 11.4 Å². The van der Waals surface area contributed by atoms with Crippen LogP contribution in [0.3, 0.4) is 0 Å². The lowest BCUT2D eigenvalue weighted by Gasteiger charge is -2.12. The van der Waals surface area contributed by atoms with Gasteiger partial charge in [-0.15, -0.1) is 11.3 Å². The number of aromatic nitrogens is 1. The summed E-state index contributed by atoms with van der Waals surface area (Å²) in [6.07, 6.45) is 0. The van der Waals surface area contributed by atoms with Gasteiger partial charge in [-0.2, -0.15) is 0 Å². The molecular formula is C11H19N3O2S. The molecule has 1 aromatic rings. The number of carbonyl (C=O) groups is 1. The van der Waals surface area contributed by atoms with E-state index < -0.39 is 0 Å². The predicted molar refractivity (Wildman–Crippen MR) is 68.0 cm³/mol. The number of nitrogens with one attached hydrogen (secondary N) is 1. The van der Waals surface area contributed by atoms with Gasteiger partial charge in [0.25, 0.3) is 0 Å². The maximum absolute atomic E-state index is 11.5. The van der Waals surface area contributed by atoms with Gasteiger partial charge >= 0.3 is 0 Å². The molecule has 0 spiro atoms. The minimum absolute atomic E-state index is 0.0322. The zero-order valence-electron chi connectivity index (χ0n) is 10.4. The Morgan fingerprint density at radius 3 is 2.82 bits per heavy atom. The number of hydrogen-bond acceptors (Lipinski definition) is 5. The van der Waals surface area contributed by atoms with E-state index in [4.69, 9.17) is 10.5 Å². The summed E-state index contributed by atoms with van der Waals surface area (Å²) in [6.45, 7) is 6.74. The Morgan fingerprint density at radius 2 is 2.29 bits per heavy atom. The highest BCUT2D eigenvalue weighted by Crippen LogP contribution is 2.24. The molecule has 0 saturated heterocycles. The lowest BCUT2D eigenvalue weighted by atomic mass is 10.2. The molecule has 1 heterocycles. The van der Waals surface area contributed by atoms with Crippen LogP contribution in [0.2, 0.25) is 0 Å². The number of amides is 1. The molecule has 1 atom stereocenters. The molecule has 3 N–H and O–H groups in total. The van der Waals surface area contributed by atoms with E-state index in [2.05, 4.69) is 10.3 Å². The molecule has 0 aliphatic carbocycles. The van der Waals surface area contributed by atoms with Crippen molar-refractivity contribution in [1.82, 2.24) is 10.3 Å². The highest BCUT2D eigenvalue weighted by Gasteiger charge is 2.15. The van der Waals surface area contributed by atoms with Crippen molar-refractivity contribution in [2.24, 2.45) is 5.73 Å². The van der Waals surface area contributed by atoms with Gasteiger partial charge in [0.05, 0.1) is 23.4 Å².